The largest absolute Gasteiger partial charge is 0.359 e. The molecular weight excluding hydrogens is 150 g/mol. The summed E-state index contributed by atoms with van der Waals surface area (Å²) in [5.74, 6) is 0. The fourth-order valence-corrected chi connectivity index (χ4v) is 0.833. The lowest BCUT2D eigenvalue weighted by atomic mass is 10.2. The van der Waals surface area contributed by atoms with Crippen molar-refractivity contribution in [3.63, 3.8) is 0 Å². The average molecular weight is 161 g/mol. The molecule has 0 unspecified atom stereocenters. The number of hydrogen-bond donors (Lipinski definition) is 0. The van der Waals surface area contributed by atoms with Crippen molar-refractivity contribution < 1.29 is 4.74 Å². The van der Waals surface area contributed by atoms with Crippen molar-refractivity contribution in [2.45, 2.75) is 19.6 Å². The minimum atomic E-state index is -0.329. The molecule has 62 valence electrons. The third-order valence-electron chi connectivity index (χ3n) is 1.52. The Morgan fingerprint density at radius 1 is 1.42 bits per heavy atom. The quantitative estimate of drug-likeness (QED) is 0.680. The van der Waals surface area contributed by atoms with Crippen LogP contribution in [0, 0.1) is 11.3 Å². The monoisotopic (exact) mass is 161 g/mol. The molecule has 0 aliphatic rings. The van der Waals surface area contributed by atoms with E-state index in [9.17, 15) is 0 Å². The van der Waals surface area contributed by atoms with E-state index in [1.165, 1.54) is 0 Å². The van der Waals surface area contributed by atoms with Crippen molar-refractivity contribution in [2.24, 2.45) is 0 Å². The molecule has 0 saturated carbocycles. The Balaban J connectivity index is 2.40. The van der Waals surface area contributed by atoms with Crippen LogP contribution >= 0.6 is 0 Å². The van der Waals surface area contributed by atoms with E-state index in [0.29, 0.717) is 6.61 Å². The summed E-state index contributed by atoms with van der Waals surface area (Å²) in [4.78, 5) is 0. The van der Waals surface area contributed by atoms with E-state index in [1.807, 2.05) is 36.4 Å². The fraction of sp³-hybridized carbons (Fsp3) is 0.300. The smallest absolute Gasteiger partial charge is 0.141 e. The van der Waals surface area contributed by atoms with Crippen LogP contribution in [0.3, 0.4) is 0 Å². The van der Waals surface area contributed by atoms with E-state index in [-0.39, 0.29) is 6.10 Å². The Hall–Kier alpha value is -1.33. The number of nitrogens with zero attached hydrogens (tertiary/aromatic N) is 1. The van der Waals surface area contributed by atoms with Crippen LogP contribution in [0.4, 0.5) is 0 Å². The van der Waals surface area contributed by atoms with Gasteiger partial charge in [-0.3, -0.25) is 0 Å². The molecule has 0 saturated heterocycles. The van der Waals surface area contributed by atoms with Gasteiger partial charge >= 0.3 is 0 Å². The van der Waals surface area contributed by atoms with E-state index in [0.717, 1.165) is 5.56 Å². The van der Waals surface area contributed by atoms with E-state index in [4.69, 9.17) is 10.00 Å². The molecule has 0 fully saturated rings. The molecule has 0 radical (unpaired) electrons. The van der Waals surface area contributed by atoms with Crippen LogP contribution in [-0.4, -0.2) is 6.10 Å². The van der Waals surface area contributed by atoms with E-state index in [1.54, 1.807) is 6.92 Å². The summed E-state index contributed by atoms with van der Waals surface area (Å²) < 4.78 is 5.22. The van der Waals surface area contributed by atoms with Crippen molar-refractivity contribution in [1.82, 2.24) is 0 Å². The molecule has 0 bridgehead atoms. The number of hydrogen-bond acceptors (Lipinski definition) is 2. The molecule has 0 amide bonds. The highest BCUT2D eigenvalue weighted by Crippen LogP contribution is 2.02. The van der Waals surface area contributed by atoms with Crippen LogP contribution < -0.4 is 0 Å². The summed E-state index contributed by atoms with van der Waals surface area (Å²) in [6, 6.07) is 11.8. The standard InChI is InChI=1S/C10H11NO/c1-9(7-11)12-8-10-5-3-2-4-6-10/h2-6,9H,8H2,1H3/t9-/m0/s1. The second-order valence-corrected chi connectivity index (χ2v) is 2.57. The predicted octanol–water partition coefficient (Wildman–Crippen LogP) is 2.12. The molecule has 1 atom stereocenters. The van der Waals surface area contributed by atoms with Crippen LogP contribution in [0.2, 0.25) is 0 Å². The van der Waals surface area contributed by atoms with Gasteiger partial charge in [-0.05, 0) is 12.5 Å². The van der Waals surface area contributed by atoms with Gasteiger partial charge in [-0.1, -0.05) is 30.3 Å². The number of rotatable bonds is 3. The topological polar surface area (TPSA) is 33.0 Å². The molecule has 0 spiro atoms. The molecule has 0 aromatic heterocycles. The predicted molar refractivity (Wildman–Crippen MR) is 46.3 cm³/mol. The van der Waals surface area contributed by atoms with Crippen LogP contribution in [0.1, 0.15) is 12.5 Å². The van der Waals surface area contributed by atoms with E-state index >= 15 is 0 Å². The van der Waals surface area contributed by atoms with Gasteiger partial charge in [0.2, 0.25) is 0 Å². The molecule has 0 heterocycles. The second kappa shape index (κ2) is 4.53. The Morgan fingerprint density at radius 2 is 2.08 bits per heavy atom. The van der Waals surface area contributed by atoms with Gasteiger partial charge in [0.15, 0.2) is 0 Å². The molecule has 2 nitrogen and oxygen atoms in total. The van der Waals surface area contributed by atoms with Gasteiger partial charge in [0.05, 0.1) is 12.7 Å². The van der Waals surface area contributed by atoms with Crippen LogP contribution in [0.5, 0.6) is 0 Å². The molecule has 12 heavy (non-hydrogen) atoms. The summed E-state index contributed by atoms with van der Waals surface area (Å²) in [6.07, 6.45) is -0.329. The molecule has 2 heteroatoms. The highest BCUT2D eigenvalue weighted by molar-refractivity contribution is 5.13. The lowest BCUT2D eigenvalue weighted by molar-refractivity contribution is 0.0887. The van der Waals surface area contributed by atoms with Gasteiger partial charge in [0.25, 0.3) is 0 Å². The normalized spacial score (nSPS) is 12.0. The number of nitriles is 1. The third kappa shape index (κ3) is 2.73. The average Bonchev–Trinajstić information content (AvgIpc) is 2.16. The summed E-state index contributed by atoms with van der Waals surface area (Å²) in [5, 5.41) is 8.44. The zero-order valence-corrected chi connectivity index (χ0v) is 7.03. The van der Waals surface area contributed by atoms with Crippen molar-refractivity contribution >= 4 is 0 Å². The minimum Gasteiger partial charge on any atom is -0.359 e. The van der Waals surface area contributed by atoms with Crippen LogP contribution in [0.15, 0.2) is 30.3 Å². The highest BCUT2D eigenvalue weighted by atomic mass is 16.5. The SMILES string of the molecule is C[C@@H](C#N)OCc1ccccc1. The maximum Gasteiger partial charge on any atom is 0.141 e. The molecule has 1 aromatic carbocycles. The first-order chi connectivity index (χ1) is 5.83. The van der Waals surface area contributed by atoms with Gasteiger partial charge in [0.1, 0.15) is 6.10 Å². The molecule has 0 aliphatic carbocycles. The molecule has 0 aliphatic heterocycles. The summed E-state index contributed by atoms with van der Waals surface area (Å²) in [7, 11) is 0. The first kappa shape index (κ1) is 8.76. The molecule has 1 rings (SSSR count). The summed E-state index contributed by atoms with van der Waals surface area (Å²) >= 11 is 0. The van der Waals surface area contributed by atoms with E-state index < -0.39 is 0 Å². The van der Waals surface area contributed by atoms with Crippen LogP contribution in [0.25, 0.3) is 0 Å². The zero-order chi connectivity index (χ0) is 8.81. The lowest BCUT2D eigenvalue weighted by Gasteiger charge is -2.04. The highest BCUT2D eigenvalue weighted by Gasteiger charge is 1.98. The maximum absolute atomic E-state index is 8.44. The van der Waals surface area contributed by atoms with Gasteiger partial charge in [-0.2, -0.15) is 5.26 Å². The van der Waals surface area contributed by atoms with E-state index in [2.05, 4.69) is 0 Å². The van der Waals surface area contributed by atoms with Crippen molar-refractivity contribution in [3.8, 4) is 6.07 Å². The number of benzene rings is 1. The zero-order valence-electron chi connectivity index (χ0n) is 7.03. The van der Waals surface area contributed by atoms with Crippen molar-refractivity contribution in [3.05, 3.63) is 35.9 Å². The lowest BCUT2D eigenvalue weighted by Crippen LogP contribution is -2.04. The first-order valence-electron chi connectivity index (χ1n) is 3.88. The van der Waals surface area contributed by atoms with Gasteiger partial charge in [-0.25, -0.2) is 0 Å². The van der Waals surface area contributed by atoms with Crippen molar-refractivity contribution in [2.75, 3.05) is 0 Å². The summed E-state index contributed by atoms with van der Waals surface area (Å²) in [6.45, 7) is 2.25. The van der Waals surface area contributed by atoms with Crippen molar-refractivity contribution in [1.29, 1.82) is 5.26 Å². The maximum atomic E-state index is 8.44. The van der Waals surface area contributed by atoms with Gasteiger partial charge in [0, 0.05) is 0 Å². The molecule has 1 aromatic rings. The summed E-state index contributed by atoms with van der Waals surface area (Å²) in [5.41, 5.74) is 1.10. The van der Waals surface area contributed by atoms with Gasteiger partial charge in [-0.15, -0.1) is 0 Å². The van der Waals surface area contributed by atoms with Crippen LogP contribution in [-0.2, 0) is 11.3 Å². The first-order valence-corrected chi connectivity index (χ1v) is 3.88. The Kier molecular flexibility index (Phi) is 3.31. The fourth-order valence-electron chi connectivity index (χ4n) is 0.833. The Labute approximate surface area is 72.4 Å². The Morgan fingerprint density at radius 3 is 2.67 bits per heavy atom. The third-order valence-corrected chi connectivity index (χ3v) is 1.52. The van der Waals surface area contributed by atoms with Gasteiger partial charge < -0.3 is 4.74 Å². The second-order valence-electron chi connectivity index (χ2n) is 2.57. The number of ether oxygens (including phenoxy) is 1. The molecular formula is C10H11NO. The molecule has 0 N–H and O–H groups in total. The minimum absolute atomic E-state index is 0.329. The Bertz CT molecular complexity index is 263.